The van der Waals surface area contributed by atoms with Gasteiger partial charge in [-0.1, -0.05) is 12.1 Å². The number of aliphatic hydroxyl groups excluding tert-OH is 1. The molecule has 1 aromatic rings. The van der Waals surface area contributed by atoms with E-state index in [1.807, 2.05) is 13.0 Å². The normalized spacial score (nSPS) is 25.7. The number of fused-ring (bicyclic) bond motifs is 1. The number of amides is 3. The second-order valence-electron chi connectivity index (χ2n) is 5.15. The van der Waals surface area contributed by atoms with Crippen molar-refractivity contribution in [3.63, 3.8) is 0 Å². The van der Waals surface area contributed by atoms with Gasteiger partial charge in [-0.3, -0.25) is 19.7 Å². The van der Waals surface area contributed by atoms with Gasteiger partial charge in [-0.15, -0.1) is 0 Å². The maximum Gasteiger partial charge on any atom is 0.255 e. The zero-order valence-corrected chi connectivity index (χ0v) is 10.9. The summed E-state index contributed by atoms with van der Waals surface area (Å²) in [4.78, 5) is 36.9. The summed E-state index contributed by atoms with van der Waals surface area (Å²) in [6.45, 7) is 2.24. The van der Waals surface area contributed by atoms with Crippen molar-refractivity contribution in [3.05, 3.63) is 34.9 Å². The van der Waals surface area contributed by atoms with E-state index < -0.39 is 24.0 Å². The second kappa shape index (κ2) is 4.42. The number of rotatable bonds is 1. The SMILES string of the molecule is Cc1cccc2c1CN(C1CC(O)C(=O)NC1=O)C2=O. The molecule has 3 amide bonds. The van der Waals surface area contributed by atoms with Crippen molar-refractivity contribution < 1.29 is 19.5 Å². The molecule has 2 aliphatic heterocycles. The van der Waals surface area contributed by atoms with E-state index in [0.29, 0.717) is 12.1 Å². The molecule has 20 heavy (non-hydrogen) atoms. The summed E-state index contributed by atoms with van der Waals surface area (Å²) in [7, 11) is 0. The molecule has 0 radical (unpaired) electrons. The van der Waals surface area contributed by atoms with Crippen LogP contribution in [0.5, 0.6) is 0 Å². The number of piperidine rings is 1. The molecule has 1 fully saturated rings. The average Bonchev–Trinajstić information content (AvgIpc) is 2.73. The third-order valence-electron chi connectivity index (χ3n) is 3.90. The Morgan fingerprint density at radius 3 is 2.70 bits per heavy atom. The number of carbonyl (C=O) groups is 3. The number of hydrogen-bond acceptors (Lipinski definition) is 4. The van der Waals surface area contributed by atoms with E-state index in [4.69, 9.17) is 0 Å². The van der Waals surface area contributed by atoms with Gasteiger partial charge in [0, 0.05) is 18.5 Å². The van der Waals surface area contributed by atoms with Crippen LogP contribution in [0.2, 0.25) is 0 Å². The van der Waals surface area contributed by atoms with E-state index in [1.54, 1.807) is 12.1 Å². The van der Waals surface area contributed by atoms with Gasteiger partial charge in [-0.05, 0) is 24.1 Å². The lowest BCUT2D eigenvalue weighted by Crippen LogP contribution is -2.57. The van der Waals surface area contributed by atoms with Gasteiger partial charge in [0.15, 0.2) is 0 Å². The van der Waals surface area contributed by atoms with Gasteiger partial charge in [-0.2, -0.15) is 0 Å². The van der Waals surface area contributed by atoms with Gasteiger partial charge >= 0.3 is 0 Å². The summed E-state index contributed by atoms with van der Waals surface area (Å²) < 4.78 is 0. The molecule has 0 saturated carbocycles. The molecule has 2 aliphatic rings. The lowest BCUT2D eigenvalue weighted by atomic mass is 10.0. The Kier molecular flexibility index (Phi) is 2.83. The van der Waals surface area contributed by atoms with E-state index in [1.165, 1.54) is 4.90 Å². The molecule has 2 heterocycles. The predicted octanol–water partition coefficient (Wildman–Crippen LogP) is -0.273. The van der Waals surface area contributed by atoms with Crippen LogP contribution in [0.3, 0.4) is 0 Å². The first-order valence-electron chi connectivity index (χ1n) is 6.41. The average molecular weight is 274 g/mol. The van der Waals surface area contributed by atoms with Crippen molar-refractivity contribution in [2.75, 3.05) is 0 Å². The van der Waals surface area contributed by atoms with Gasteiger partial charge in [0.2, 0.25) is 5.91 Å². The van der Waals surface area contributed by atoms with Crippen molar-refractivity contribution in [1.82, 2.24) is 10.2 Å². The van der Waals surface area contributed by atoms with Gasteiger partial charge in [-0.25, -0.2) is 0 Å². The second-order valence-corrected chi connectivity index (χ2v) is 5.15. The fourth-order valence-corrected chi connectivity index (χ4v) is 2.74. The van der Waals surface area contributed by atoms with Gasteiger partial charge in [0.25, 0.3) is 11.8 Å². The van der Waals surface area contributed by atoms with Crippen LogP contribution < -0.4 is 5.32 Å². The Balaban J connectivity index is 1.91. The zero-order chi connectivity index (χ0) is 14.4. The zero-order valence-electron chi connectivity index (χ0n) is 10.9. The van der Waals surface area contributed by atoms with Gasteiger partial charge < -0.3 is 10.0 Å². The molecule has 2 atom stereocenters. The Morgan fingerprint density at radius 2 is 2.00 bits per heavy atom. The number of benzene rings is 1. The highest BCUT2D eigenvalue weighted by molar-refractivity contribution is 6.06. The van der Waals surface area contributed by atoms with E-state index in [2.05, 4.69) is 5.32 Å². The number of carbonyl (C=O) groups excluding carboxylic acids is 3. The lowest BCUT2D eigenvalue weighted by molar-refractivity contribution is -0.144. The van der Waals surface area contributed by atoms with Crippen LogP contribution in [0.4, 0.5) is 0 Å². The van der Waals surface area contributed by atoms with Gasteiger partial charge in [0.05, 0.1) is 0 Å². The van der Waals surface area contributed by atoms with Gasteiger partial charge in [0.1, 0.15) is 12.1 Å². The quantitative estimate of drug-likeness (QED) is 0.690. The lowest BCUT2D eigenvalue weighted by Gasteiger charge is -2.31. The minimum atomic E-state index is -1.25. The number of nitrogens with one attached hydrogen (secondary N) is 1. The largest absolute Gasteiger partial charge is 0.383 e. The monoisotopic (exact) mass is 274 g/mol. The number of nitrogens with zero attached hydrogens (tertiary/aromatic N) is 1. The fraction of sp³-hybridized carbons (Fsp3) is 0.357. The first-order chi connectivity index (χ1) is 9.49. The number of aryl methyl sites for hydroxylation is 1. The molecule has 3 rings (SSSR count). The van der Waals surface area contributed by atoms with Crippen LogP contribution in [0.15, 0.2) is 18.2 Å². The maximum absolute atomic E-state index is 12.4. The molecule has 1 aromatic carbocycles. The van der Waals surface area contributed by atoms with Crippen LogP contribution in [-0.4, -0.2) is 39.9 Å². The van der Waals surface area contributed by atoms with E-state index in [0.717, 1.165) is 11.1 Å². The molecule has 6 nitrogen and oxygen atoms in total. The fourth-order valence-electron chi connectivity index (χ4n) is 2.74. The van der Waals surface area contributed by atoms with Crippen molar-refractivity contribution in [2.24, 2.45) is 0 Å². The minimum absolute atomic E-state index is 0.0521. The van der Waals surface area contributed by atoms with E-state index in [9.17, 15) is 19.5 Å². The van der Waals surface area contributed by atoms with Crippen LogP contribution >= 0.6 is 0 Å². The van der Waals surface area contributed by atoms with E-state index >= 15 is 0 Å². The smallest absolute Gasteiger partial charge is 0.255 e. The molecular weight excluding hydrogens is 260 g/mol. The Morgan fingerprint density at radius 1 is 1.25 bits per heavy atom. The standard InChI is InChI=1S/C14H14N2O4/c1-7-3-2-4-8-9(7)6-16(14(8)20)10-5-11(17)13(19)15-12(10)18/h2-4,10-11,17H,5-6H2,1H3,(H,15,18,19). The summed E-state index contributed by atoms with van der Waals surface area (Å²) in [5.74, 6) is -1.46. The molecule has 0 bridgehead atoms. The van der Waals surface area contributed by atoms with Crippen molar-refractivity contribution in [2.45, 2.75) is 32.0 Å². The van der Waals surface area contributed by atoms with Crippen molar-refractivity contribution in [3.8, 4) is 0 Å². The molecule has 0 spiro atoms. The van der Waals surface area contributed by atoms with Crippen LogP contribution in [0.1, 0.15) is 27.9 Å². The van der Waals surface area contributed by atoms with Crippen LogP contribution in [0, 0.1) is 6.92 Å². The van der Waals surface area contributed by atoms with Crippen LogP contribution in [0.25, 0.3) is 0 Å². The topological polar surface area (TPSA) is 86.7 Å². The molecule has 6 heteroatoms. The third kappa shape index (κ3) is 1.80. The molecule has 2 unspecified atom stereocenters. The van der Waals surface area contributed by atoms with E-state index in [-0.39, 0.29) is 12.3 Å². The molecule has 0 aliphatic carbocycles. The summed E-state index contributed by atoms with van der Waals surface area (Å²) in [5, 5.41) is 11.7. The van der Waals surface area contributed by atoms with Crippen LogP contribution in [-0.2, 0) is 16.1 Å². The Bertz CT molecular complexity index is 626. The Hall–Kier alpha value is -2.21. The molecular formula is C14H14N2O4. The first kappa shape index (κ1) is 12.8. The summed E-state index contributed by atoms with van der Waals surface area (Å²) in [6.07, 6.45) is -1.31. The first-order valence-corrected chi connectivity index (χ1v) is 6.41. The molecule has 2 N–H and O–H groups in total. The number of imide groups is 1. The molecule has 104 valence electrons. The number of hydrogen-bond donors (Lipinski definition) is 2. The maximum atomic E-state index is 12.4. The minimum Gasteiger partial charge on any atom is -0.383 e. The summed E-state index contributed by atoms with van der Waals surface area (Å²) in [6, 6.07) is 4.64. The molecule has 0 aromatic heterocycles. The summed E-state index contributed by atoms with van der Waals surface area (Å²) >= 11 is 0. The third-order valence-corrected chi connectivity index (χ3v) is 3.90. The highest BCUT2D eigenvalue weighted by Crippen LogP contribution is 2.29. The summed E-state index contributed by atoms with van der Waals surface area (Å²) in [5.41, 5.74) is 2.48. The predicted molar refractivity (Wildman–Crippen MR) is 68.6 cm³/mol. The molecule has 1 saturated heterocycles. The highest BCUT2D eigenvalue weighted by atomic mass is 16.3. The Labute approximate surface area is 115 Å². The van der Waals surface area contributed by atoms with Crippen molar-refractivity contribution in [1.29, 1.82) is 0 Å². The van der Waals surface area contributed by atoms with Crippen molar-refractivity contribution >= 4 is 17.7 Å². The number of aliphatic hydroxyl groups is 1. The highest BCUT2D eigenvalue weighted by Gasteiger charge is 2.42.